The molecule has 0 aliphatic heterocycles. The Hall–Kier alpha value is -2.96. The third-order valence-electron chi connectivity index (χ3n) is 3.19. The van der Waals surface area contributed by atoms with E-state index in [1.165, 1.54) is 0 Å². The fourth-order valence-corrected chi connectivity index (χ4v) is 2.10. The molecule has 132 valence electrons. The molecular formula is C18H23N5O2. The Balaban J connectivity index is 2.25. The van der Waals surface area contributed by atoms with Crippen molar-refractivity contribution in [2.45, 2.75) is 34.1 Å². The summed E-state index contributed by atoms with van der Waals surface area (Å²) in [4.78, 5) is 24.7. The average Bonchev–Trinajstić information content (AvgIpc) is 2.55. The van der Waals surface area contributed by atoms with Gasteiger partial charge in [-0.25, -0.2) is 9.97 Å². The minimum Gasteiger partial charge on any atom is -0.494 e. The summed E-state index contributed by atoms with van der Waals surface area (Å²) < 4.78 is 5.42. The van der Waals surface area contributed by atoms with E-state index in [0.29, 0.717) is 19.0 Å². The number of ether oxygens (including phenoxy) is 1. The van der Waals surface area contributed by atoms with Crippen LogP contribution in [0.4, 0.5) is 11.6 Å². The minimum absolute atomic E-state index is 0.151. The number of benzene rings is 1. The van der Waals surface area contributed by atoms with Crippen molar-refractivity contribution in [3.63, 3.8) is 0 Å². The standard InChI is InChI=1S/C18H23N5O2/c1-5-16(24)22-18(23-17-19-12(3)11-13(4)20-17)21-14-7-9-15(10-8-14)25-6-2/h7-11H,5-6H2,1-4H3,(H2,19,20,21,22,23,24). The van der Waals surface area contributed by atoms with Crippen LogP contribution in [0.25, 0.3) is 0 Å². The Labute approximate surface area is 147 Å². The Morgan fingerprint density at radius 2 is 1.76 bits per heavy atom. The number of rotatable bonds is 5. The molecule has 0 spiro atoms. The summed E-state index contributed by atoms with van der Waals surface area (Å²) in [5.41, 5.74) is 2.39. The first-order valence-electron chi connectivity index (χ1n) is 8.21. The Morgan fingerprint density at radius 1 is 1.12 bits per heavy atom. The van der Waals surface area contributed by atoms with Gasteiger partial charge in [-0.15, -0.1) is 0 Å². The predicted octanol–water partition coefficient (Wildman–Crippen LogP) is 3.12. The summed E-state index contributed by atoms with van der Waals surface area (Å²) in [6.07, 6.45) is 0.345. The fraction of sp³-hybridized carbons (Fsp3) is 0.333. The van der Waals surface area contributed by atoms with E-state index in [1.54, 1.807) is 6.92 Å². The predicted molar refractivity (Wildman–Crippen MR) is 98.3 cm³/mol. The normalized spacial score (nSPS) is 11.1. The molecule has 0 aliphatic rings. The maximum atomic E-state index is 11.8. The van der Waals surface area contributed by atoms with Gasteiger partial charge in [0.2, 0.25) is 11.9 Å². The molecule has 0 atom stereocenters. The number of carbonyl (C=O) groups excluding carboxylic acids is 1. The highest BCUT2D eigenvalue weighted by Gasteiger charge is 2.07. The average molecular weight is 341 g/mol. The number of anilines is 1. The van der Waals surface area contributed by atoms with Gasteiger partial charge in [0.25, 0.3) is 5.95 Å². The second-order valence-electron chi connectivity index (χ2n) is 5.40. The number of nitrogens with zero attached hydrogens (tertiary/aromatic N) is 3. The monoisotopic (exact) mass is 341 g/mol. The van der Waals surface area contributed by atoms with Gasteiger partial charge in [-0.3, -0.25) is 10.1 Å². The second kappa shape index (κ2) is 8.77. The molecule has 1 heterocycles. The van der Waals surface area contributed by atoms with Crippen LogP contribution in [0.2, 0.25) is 0 Å². The number of amides is 1. The zero-order chi connectivity index (χ0) is 18.2. The van der Waals surface area contributed by atoms with Crippen molar-refractivity contribution >= 4 is 23.5 Å². The van der Waals surface area contributed by atoms with E-state index in [-0.39, 0.29) is 11.9 Å². The summed E-state index contributed by atoms with van der Waals surface area (Å²) in [6, 6.07) is 9.25. The summed E-state index contributed by atoms with van der Waals surface area (Å²) in [5, 5.41) is 5.81. The van der Waals surface area contributed by atoms with Crippen molar-refractivity contribution in [2.24, 2.45) is 4.99 Å². The molecule has 0 fully saturated rings. The van der Waals surface area contributed by atoms with Crippen LogP contribution in [0.15, 0.2) is 35.3 Å². The van der Waals surface area contributed by atoms with E-state index in [0.717, 1.165) is 22.8 Å². The smallest absolute Gasteiger partial charge is 0.253 e. The third kappa shape index (κ3) is 5.87. The van der Waals surface area contributed by atoms with Crippen LogP contribution in [-0.2, 0) is 4.79 Å². The van der Waals surface area contributed by atoms with Crippen molar-refractivity contribution in [1.82, 2.24) is 15.3 Å². The maximum absolute atomic E-state index is 11.8. The number of guanidine groups is 1. The zero-order valence-corrected chi connectivity index (χ0v) is 15.0. The van der Waals surface area contributed by atoms with Gasteiger partial charge in [-0.05, 0) is 51.1 Å². The van der Waals surface area contributed by atoms with Crippen LogP contribution in [0.3, 0.4) is 0 Å². The molecule has 2 N–H and O–H groups in total. The Morgan fingerprint density at radius 3 is 2.32 bits per heavy atom. The van der Waals surface area contributed by atoms with Crippen molar-refractivity contribution in [3.8, 4) is 5.75 Å². The first kappa shape index (κ1) is 18.4. The molecule has 0 saturated carbocycles. The molecule has 0 aliphatic carbocycles. The topological polar surface area (TPSA) is 88.5 Å². The number of nitrogens with one attached hydrogen (secondary N) is 2. The highest BCUT2D eigenvalue weighted by atomic mass is 16.5. The van der Waals surface area contributed by atoms with E-state index in [1.807, 2.05) is 51.1 Å². The van der Waals surface area contributed by atoms with Crippen LogP contribution in [0.5, 0.6) is 5.75 Å². The van der Waals surface area contributed by atoms with Crippen LogP contribution >= 0.6 is 0 Å². The molecule has 1 aromatic carbocycles. The summed E-state index contributed by atoms with van der Waals surface area (Å²) in [7, 11) is 0. The fourth-order valence-electron chi connectivity index (χ4n) is 2.10. The summed E-state index contributed by atoms with van der Waals surface area (Å²) in [6.45, 7) is 8.06. The lowest BCUT2D eigenvalue weighted by Crippen LogP contribution is -2.35. The van der Waals surface area contributed by atoms with Crippen LogP contribution in [-0.4, -0.2) is 28.4 Å². The molecule has 7 nitrogen and oxygen atoms in total. The number of aryl methyl sites for hydroxylation is 2. The first-order chi connectivity index (χ1) is 12.0. The number of aliphatic imine (C=N–C) groups is 1. The highest BCUT2D eigenvalue weighted by Crippen LogP contribution is 2.16. The van der Waals surface area contributed by atoms with E-state index in [4.69, 9.17) is 4.74 Å². The van der Waals surface area contributed by atoms with Gasteiger partial charge in [0.15, 0.2) is 0 Å². The van der Waals surface area contributed by atoms with Crippen molar-refractivity contribution < 1.29 is 9.53 Å². The van der Waals surface area contributed by atoms with Crippen molar-refractivity contribution in [1.29, 1.82) is 0 Å². The first-order valence-corrected chi connectivity index (χ1v) is 8.21. The lowest BCUT2D eigenvalue weighted by atomic mass is 10.3. The van der Waals surface area contributed by atoms with E-state index >= 15 is 0 Å². The molecular weight excluding hydrogens is 318 g/mol. The number of carbonyl (C=O) groups is 1. The SMILES string of the molecule is CCOc1ccc(N/C(=N\c2nc(C)cc(C)n2)NC(=O)CC)cc1. The van der Waals surface area contributed by atoms with Gasteiger partial charge >= 0.3 is 0 Å². The van der Waals surface area contributed by atoms with Gasteiger partial charge in [0, 0.05) is 23.5 Å². The van der Waals surface area contributed by atoms with Gasteiger partial charge in [0.1, 0.15) is 5.75 Å². The van der Waals surface area contributed by atoms with Crippen LogP contribution in [0, 0.1) is 13.8 Å². The zero-order valence-electron chi connectivity index (χ0n) is 15.0. The lowest BCUT2D eigenvalue weighted by Gasteiger charge is -2.11. The van der Waals surface area contributed by atoms with Crippen molar-refractivity contribution in [3.05, 3.63) is 41.7 Å². The number of hydrogen-bond donors (Lipinski definition) is 2. The molecule has 0 unspecified atom stereocenters. The van der Waals surface area contributed by atoms with Gasteiger partial charge in [-0.1, -0.05) is 6.92 Å². The summed E-state index contributed by atoms with van der Waals surface area (Å²) >= 11 is 0. The molecule has 2 aromatic rings. The maximum Gasteiger partial charge on any atom is 0.253 e. The molecule has 7 heteroatoms. The molecule has 2 rings (SSSR count). The molecule has 0 bridgehead atoms. The number of aromatic nitrogens is 2. The van der Waals surface area contributed by atoms with Crippen molar-refractivity contribution in [2.75, 3.05) is 11.9 Å². The van der Waals surface area contributed by atoms with E-state index in [2.05, 4.69) is 25.6 Å². The summed E-state index contributed by atoms with van der Waals surface area (Å²) in [5.74, 6) is 1.20. The van der Waals surface area contributed by atoms with Gasteiger partial charge in [0.05, 0.1) is 6.61 Å². The molecule has 0 saturated heterocycles. The molecule has 1 aromatic heterocycles. The van der Waals surface area contributed by atoms with Gasteiger partial charge in [-0.2, -0.15) is 4.99 Å². The molecule has 25 heavy (non-hydrogen) atoms. The van der Waals surface area contributed by atoms with Crippen LogP contribution in [0.1, 0.15) is 31.7 Å². The quantitative estimate of drug-likeness (QED) is 0.644. The van der Waals surface area contributed by atoms with Gasteiger partial charge < -0.3 is 10.1 Å². The Kier molecular flexibility index (Phi) is 6.45. The van der Waals surface area contributed by atoms with Crippen LogP contribution < -0.4 is 15.4 Å². The third-order valence-corrected chi connectivity index (χ3v) is 3.19. The molecule has 0 radical (unpaired) electrons. The number of hydrogen-bond acceptors (Lipinski definition) is 5. The minimum atomic E-state index is -0.151. The Bertz CT molecular complexity index is 736. The van der Waals surface area contributed by atoms with E-state index < -0.39 is 0 Å². The largest absolute Gasteiger partial charge is 0.494 e. The lowest BCUT2D eigenvalue weighted by molar-refractivity contribution is -0.119. The second-order valence-corrected chi connectivity index (χ2v) is 5.40. The highest BCUT2D eigenvalue weighted by molar-refractivity contribution is 6.04. The van der Waals surface area contributed by atoms with E-state index in [9.17, 15) is 4.79 Å². The molecule has 1 amide bonds.